The number of allylic oxidation sites excluding steroid dienone is 2. The lowest BCUT2D eigenvalue weighted by Gasteiger charge is -2.38. The Hall–Kier alpha value is -3.00. The lowest BCUT2D eigenvalue weighted by molar-refractivity contribution is 0.0622. The second-order valence-electron chi connectivity index (χ2n) is 5.99. The highest BCUT2D eigenvalue weighted by Crippen LogP contribution is 2.35. The van der Waals surface area contributed by atoms with Gasteiger partial charge in [-0.05, 0) is 50.2 Å². The average molecular weight is 401 g/mol. The molecule has 8 heteroatoms. The zero-order valence-corrected chi connectivity index (χ0v) is 16.6. The molecular weight excluding hydrogens is 380 g/mol. The number of nitrogens with one attached hydrogen (secondary N) is 1. The standard InChI is InChI=1S/C20H21F2N5S/c1-4-13(2)27(22)26-17-8-6-5-7-16(17)19(24-3)25-20(26)18(23)28-15-11-9-14(21)10-12-15/h4-12H,23H2,1-3H3,(H,24,25)/b13-4+,20-18+. The van der Waals surface area contributed by atoms with Gasteiger partial charge in [-0.2, -0.15) is 0 Å². The van der Waals surface area contributed by atoms with Crippen LogP contribution >= 0.6 is 11.8 Å². The third-order valence-corrected chi connectivity index (χ3v) is 5.14. The van der Waals surface area contributed by atoms with Gasteiger partial charge in [-0.1, -0.05) is 34.5 Å². The fourth-order valence-corrected chi connectivity index (χ4v) is 3.44. The summed E-state index contributed by atoms with van der Waals surface area (Å²) >= 11 is 1.21. The van der Waals surface area contributed by atoms with E-state index < -0.39 is 0 Å². The fourth-order valence-electron chi connectivity index (χ4n) is 2.68. The molecule has 146 valence electrons. The first-order valence-corrected chi connectivity index (χ1v) is 9.43. The van der Waals surface area contributed by atoms with Gasteiger partial charge in [-0.15, -0.1) is 5.23 Å². The minimum Gasteiger partial charge on any atom is -0.390 e. The summed E-state index contributed by atoms with van der Waals surface area (Å²) in [6, 6.07) is 13.3. The monoisotopic (exact) mass is 401 g/mol. The summed E-state index contributed by atoms with van der Waals surface area (Å²) in [6.45, 7) is 3.41. The Labute approximate surface area is 167 Å². The van der Waals surface area contributed by atoms with Gasteiger partial charge < -0.3 is 11.1 Å². The van der Waals surface area contributed by atoms with Crippen molar-refractivity contribution in [3.05, 3.63) is 82.5 Å². The van der Waals surface area contributed by atoms with Gasteiger partial charge in [-0.3, -0.25) is 4.99 Å². The highest BCUT2D eigenvalue weighted by molar-refractivity contribution is 8.03. The van der Waals surface area contributed by atoms with Gasteiger partial charge in [0.2, 0.25) is 0 Å². The molecule has 1 aliphatic rings. The molecule has 2 aromatic carbocycles. The minimum atomic E-state index is -0.332. The molecule has 0 unspecified atom stereocenters. The van der Waals surface area contributed by atoms with Crippen molar-refractivity contribution in [2.75, 3.05) is 12.1 Å². The van der Waals surface area contributed by atoms with Crippen LogP contribution < -0.4 is 16.1 Å². The van der Waals surface area contributed by atoms with E-state index >= 15 is 4.48 Å². The highest BCUT2D eigenvalue weighted by Gasteiger charge is 2.32. The smallest absolute Gasteiger partial charge is 0.164 e. The summed E-state index contributed by atoms with van der Waals surface area (Å²) < 4.78 is 28.4. The van der Waals surface area contributed by atoms with Crippen molar-refractivity contribution in [2.45, 2.75) is 18.7 Å². The van der Waals surface area contributed by atoms with Gasteiger partial charge in [0, 0.05) is 17.5 Å². The predicted octanol–water partition coefficient (Wildman–Crippen LogP) is 4.51. The van der Waals surface area contributed by atoms with E-state index in [4.69, 9.17) is 5.73 Å². The second kappa shape index (κ2) is 8.35. The van der Waals surface area contributed by atoms with Crippen LogP contribution in [0.2, 0.25) is 0 Å². The van der Waals surface area contributed by atoms with E-state index in [1.165, 1.54) is 28.9 Å². The number of hydrogen-bond acceptors (Lipinski definition) is 5. The van der Waals surface area contributed by atoms with E-state index in [-0.39, 0.29) is 5.82 Å². The number of halogens is 2. The number of amidine groups is 1. The van der Waals surface area contributed by atoms with Crippen LogP contribution in [-0.4, -0.2) is 18.1 Å². The van der Waals surface area contributed by atoms with Crippen molar-refractivity contribution < 1.29 is 8.87 Å². The molecular formula is C20H21F2N5S. The minimum absolute atomic E-state index is 0.314. The summed E-state index contributed by atoms with van der Waals surface area (Å²) in [5.74, 6) is 0.578. The van der Waals surface area contributed by atoms with Gasteiger partial charge in [0.25, 0.3) is 0 Å². The van der Waals surface area contributed by atoms with Crippen LogP contribution in [-0.2, 0) is 0 Å². The number of nitrogens with zero attached hydrogens (tertiary/aromatic N) is 3. The van der Waals surface area contributed by atoms with Gasteiger partial charge in [0.05, 0.1) is 11.4 Å². The van der Waals surface area contributed by atoms with Crippen molar-refractivity contribution in [1.82, 2.24) is 10.5 Å². The first-order valence-electron chi connectivity index (χ1n) is 8.61. The Kier molecular flexibility index (Phi) is 5.89. The van der Waals surface area contributed by atoms with Crippen LogP contribution in [0.15, 0.2) is 81.0 Å². The van der Waals surface area contributed by atoms with Crippen molar-refractivity contribution in [2.24, 2.45) is 10.7 Å². The van der Waals surface area contributed by atoms with Crippen molar-refractivity contribution in [3.63, 3.8) is 0 Å². The van der Waals surface area contributed by atoms with Crippen LogP contribution in [0.3, 0.4) is 0 Å². The van der Waals surface area contributed by atoms with E-state index in [1.807, 2.05) is 18.2 Å². The molecule has 5 nitrogen and oxygen atoms in total. The maximum atomic E-state index is 15.3. The Morgan fingerprint density at radius 1 is 1.21 bits per heavy atom. The van der Waals surface area contributed by atoms with E-state index in [0.29, 0.717) is 33.3 Å². The Morgan fingerprint density at radius 2 is 1.89 bits per heavy atom. The molecule has 0 fully saturated rings. The molecule has 0 bridgehead atoms. The Balaban J connectivity index is 2.12. The zero-order valence-electron chi connectivity index (χ0n) is 15.8. The number of hydrazine groups is 1. The molecule has 1 heterocycles. The van der Waals surface area contributed by atoms with Crippen molar-refractivity contribution in [1.29, 1.82) is 0 Å². The number of benzene rings is 2. The number of thioether (sulfide) groups is 1. The molecule has 0 radical (unpaired) electrons. The van der Waals surface area contributed by atoms with Gasteiger partial charge in [0.1, 0.15) is 16.7 Å². The topological polar surface area (TPSA) is 56.9 Å². The van der Waals surface area contributed by atoms with Crippen LogP contribution in [0, 0.1) is 5.82 Å². The molecule has 0 atom stereocenters. The van der Waals surface area contributed by atoms with Crippen molar-refractivity contribution >= 4 is 23.3 Å². The normalized spacial score (nSPS) is 17.2. The number of aliphatic imine (C=N–C) groups is 1. The summed E-state index contributed by atoms with van der Waals surface area (Å²) in [5, 5.41) is 5.34. The number of fused-ring (bicyclic) bond motifs is 1. The van der Waals surface area contributed by atoms with E-state index in [2.05, 4.69) is 10.3 Å². The van der Waals surface area contributed by atoms with E-state index in [9.17, 15) is 4.39 Å². The van der Waals surface area contributed by atoms with Crippen LogP contribution in [0.4, 0.5) is 14.6 Å². The lowest BCUT2D eigenvalue weighted by Crippen LogP contribution is -2.48. The third kappa shape index (κ3) is 3.82. The Bertz CT molecular complexity index is 953. The molecule has 0 amide bonds. The Morgan fingerprint density at radius 3 is 2.54 bits per heavy atom. The van der Waals surface area contributed by atoms with Gasteiger partial charge in [-0.25, -0.2) is 9.40 Å². The third-order valence-electron chi connectivity index (χ3n) is 4.22. The average Bonchev–Trinajstić information content (AvgIpc) is 2.72. The predicted molar refractivity (Wildman–Crippen MR) is 110 cm³/mol. The molecule has 28 heavy (non-hydrogen) atoms. The molecule has 0 aromatic heterocycles. The zero-order chi connectivity index (χ0) is 20.3. The molecule has 0 spiro atoms. The molecule has 1 aliphatic heterocycles. The lowest BCUT2D eigenvalue weighted by atomic mass is 10.1. The number of anilines is 1. The highest BCUT2D eigenvalue weighted by atomic mass is 32.2. The van der Waals surface area contributed by atoms with Gasteiger partial charge >= 0.3 is 0 Å². The van der Waals surface area contributed by atoms with Crippen LogP contribution in [0.1, 0.15) is 19.4 Å². The number of rotatable bonds is 4. The van der Waals surface area contributed by atoms with Gasteiger partial charge in [0.15, 0.2) is 5.82 Å². The summed E-state index contributed by atoms with van der Waals surface area (Å²) in [7, 11) is 1.65. The summed E-state index contributed by atoms with van der Waals surface area (Å²) in [4.78, 5) is 5.01. The SMILES string of the molecule is C/C=C(\C)N(F)N1/C(=C(\N)Sc2ccc(F)cc2)NC(=NC)c2ccccc21. The number of hydrogen-bond donors (Lipinski definition) is 2. The quantitative estimate of drug-likeness (QED) is 0.583. The second-order valence-corrected chi connectivity index (χ2v) is 7.10. The van der Waals surface area contributed by atoms with Crippen molar-refractivity contribution in [3.8, 4) is 0 Å². The first kappa shape index (κ1) is 19.8. The first-order chi connectivity index (χ1) is 13.5. The summed E-state index contributed by atoms with van der Waals surface area (Å²) in [5.41, 5.74) is 8.08. The molecule has 0 saturated carbocycles. The molecule has 3 N–H and O–H groups in total. The number of nitrogens with two attached hydrogens (primary N) is 1. The largest absolute Gasteiger partial charge is 0.390 e. The fraction of sp³-hybridized carbons (Fsp3) is 0.150. The molecule has 0 aliphatic carbocycles. The van der Waals surface area contributed by atoms with E-state index in [0.717, 1.165) is 10.5 Å². The molecule has 3 rings (SSSR count). The molecule has 0 saturated heterocycles. The van der Waals surface area contributed by atoms with E-state index in [1.54, 1.807) is 45.2 Å². The number of para-hydroxylation sites is 1. The maximum Gasteiger partial charge on any atom is 0.164 e. The van der Waals surface area contributed by atoms with Crippen LogP contribution in [0.5, 0.6) is 0 Å². The van der Waals surface area contributed by atoms with Crippen LogP contribution in [0.25, 0.3) is 0 Å². The molecule has 2 aromatic rings. The summed E-state index contributed by atoms with van der Waals surface area (Å²) in [6.07, 6.45) is 1.66. The maximum absolute atomic E-state index is 15.3.